The van der Waals surface area contributed by atoms with Gasteiger partial charge in [0.15, 0.2) is 11.6 Å². The highest BCUT2D eigenvalue weighted by molar-refractivity contribution is 5.84. The molecule has 1 rings (SSSR count). The van der Waals surface area contributed by atoms with Gasteiger partial charge < -0.3 is 10.6 Å². The minimum absolute atomic E-state index is 0.00723. The van der Waals surface area contributed by atoms with Gasteiger partial charge in [0.25, 0.3) is 0 Å². The fourth-order valence-electron chi connectivity index (χ4n) is 1.73. The first-order valence-electron chi connectivity index (χ1n) is 6.50. The minimum Gasteiger partial charge on any atom is -0.371 e. The third-order valence-electron chi connectivity index (χ3n) is 3.05. The summed E-state index contributed by atoms with van der Waals surface area (Å²) < 4.78 is 26.5. The molecular weight excluding hydrogens is 250 g/mol. The van der Waals surface area contributed by atoms with Crippen LogP contribution in [0.4, 0.5) is 14.5 Å². The molecular formula is C14H20F2N2O. The lowest BCUT2D eigenvalue weighted by Gasteiger charge is -2.20. The number of nitrogens with one attached hydrogen (secondary N) is 2. The fraction of sp³-hybridized carbons (Fsp3) is 0.500. The second-order valence-corrected chi connectivity index (χ2v) is 4.49. The van der Waals surface area contributed by atoms with Gasteiger partial charge in [0, 0.05) is 6.04 Å². The predicted molar refractivity (Wildman–Crippen MR) is 72.0 cm³/mol. The number of anilines is 1. The van der Waals surface area contributed by atoms with E-state index in [0.29, 0.717) is 0 Å². The van der Waals surface area contributed by atoms with Crippen molar-refractivity contribution in [3.05, 3.63) is 29.8 Å². The van der Waals surface area contributed by atoms with Crippen molar-refractivity contribution in [2.45, 2.75) is 45.7 Å². The second-order valence-electron chi connectivity index (χ2n) is 4.49. The van der Waals surface area contributed by atoms with Crippen molar-refractivity contribution in [2.24, 2.45) is 0 Å². The number of rotatable bonds is 6. The molecule has 0 radical (unpaired) electrons. The van der Waals surface area contributed by atoms with E-state index in [2.05, 4.69) is 10.6 Å². The maximum absolute atomic E-state index is 13.5. The Morgan fingerprint density at radius 1 is 1.26 bits per heavy atom. The highest BCUT2D eigenvalue weighted by Crippen LogP contribution is 2.17. The third kappa shape index (κ3) is 4.19. The maximum atomic E-state index is 13.5. The predicted octanol–water partition coefficient (Wildman–Crippen LogP) is 3.07. The van der Waals surface area contributed by atoms with Crippen LogP contribution in [0.5, 0.6) is 0 Å². The summed E-state index contributed by atoms with van der Waals surface area (Å²) in [6, 6.07) is 3.31. The van der Waals surface area contributed by atoms with Gasteiger partial charge in [-0.25, -0.2) is 8.78 Å². The summed E-state index contributed by atoms with van der Waals surface area (Å²) in [5.41, 5.74) is -0.00723. The van der Waals surface area contributed by atoms with E-state index in [-0.39, 0.29) is 17.6 Å². The largest absolute Gasteiger partial charge is 0.371 e. The average Bonchev–Trinajstić information content (AvgIpc) is 2.40. The molecule has 0 aromatic heterocycles. The average molecular weight is 270 g/mol. The molecule has 19 heavy (non-hydrogen) atoms. The van der Waals surface area contributed by atoms with Crippen LogP contribution in [-0.2, 0) is 4.79 Å². The number of carbonyl (C=O) groups is 1. The van der Waals surface area contributed by atoms with E-state index in [9.17, 15) is 13.6 Å². The zero-order valence-corrected chi connectivity index (χ0v) is 11.5. The lowest BCUT2D eigenvalue weighted by atomic mass is 10.1. The molecule has 1 unspecified atom stereocenters. The number of carbonyl (C=O) groups excluding carboxylic acids is 1. The van der Waals surface area contributed by atoms with Gasteiger partial charge >= 0.3 is 0 Å². The van der Waals surface area contributed by atoms with E-state index < -0.39 is 17.7 Å². The summed E-state index contributed by atoms with van der Waals surface area (Å²) in [7, 11) is 0. The molecule has 1 amide bonds. The first-order valence-corrected chi connectivity index (χ1v) is 6.50. The molecule has 0 spiro atoms. The van der Waals surface area contributed by atoms with E-state index in [4.69, 9.17) is 0 Å². The van der Waals surface area contributed by atoms with Gasteiger partial charge in [-0.15, -0.1) is 0 Å². The molecule has 0 heterocycles. The molecule has 0 aliphatic carbocycles. The monoisotopic (exact) mass is 270 g/mol. The molecule has 2 N–H and O–H groups in total. The van der Waals surface area contributed by atoms with Gasteiger partial charge in [-0.3, -0.25) is 4.79 Å². The Kier molecular flexibility index (Phi) is 5.73. The molecule has 0 fully saturated rings. The normalized spacial score (nSPS) is 12.3. The molecule has 5 heteroatoms. The number of amides is 1. The van der Waals surface area contributed by atoms with E-state index in [1.807, 2.05) is 13.8 Å². The van der Waals surface area contributed by atoms with Gasteiger partial charge in [0.2, 0.25) is 5.91 Å². The first kappa shape index (κ1) is 15.4. The first-order chi connectivity index (χ1) is 8.99. The molecule has 1 aromatic carbocycles. The Balaban J connectivity index is 2.66. The molecule has 106 valence electrons. The zero-order valence-electron chi connectivity index (χ0n) is 11.5. The van der Waals surface area contributed by atoms with Crippen molar-refractivity contribution in [2.75, 3.05) is 5.32 Å². The van der Waals surface area contributed by atoms with Crippen molar-refractivity contribution < 1.29 is 13.6 Å². The number of hydrogen-bond donors (Lipinski definition) is 2. The van der Waals surface area contributed by atoms with Crippen LogP contribution in [-0.4, -0.2) is 18.0 Å². The Bertz CT molecular complexity index is 433. The van der Waals surface area contributed by atoms with Crippen molar-refractivity contribution in [3.63, 3.8) is 0 Å². The molecule has 0 aliphatic rings. The summed E-state index contributed by atoms with van der Waals surface area (Å²) in [5, 5.41) is 5.53. The van der Waals surface area contributed by atoms with E-state index >= 15 is 0 Å². The molecule has 1 aromatic rings. The van der Waals surface area contributed by atoms with Gasteiger partial charge in [0.1, 0.15) is 6.04 Å². The molecule has 0 saturated heterocycles. The number of hydrogen-bond acceptors (Lipinski definition) is 2. The van der Waals surface area contributed by atoms with Crippen LogP contribution in [0.3, 0.4) is 0 Å². The topological polar surface area (TPSA) is 41.1 Å². The van der Waals surface area contributed by atoms with Crippen LogP contribution < -0.4 is 10.6 Å². The molecule has 1 atom stereocenters. The molecule has 0 bridgehead atoms. The highest BCUT2D eigenvalue weighted by Gasteiger charge is 2.17. The number of benzene rings is 1. The van der Waals surface area contributed by atoms with E-state index in [1.54, 1.807) is 6.92 Å². The Morgan fingerprint density at radius 2 is 1.89 bits per heavy atom. The SMILES string of the molecule is CCC(CC)NC(=O)C(C)Nc1cccc(F)c1F. The van der Waals surface area contributed by atoms with Crippen LogP contribution in [0.2, 0.25) is 0 Å². The maximum Gasteiger partial charge on any atom is 0.242 e. The zero-order chi connectivity index (χ0) is 14.4. The van der Waals surface area contributed by atoms with Gasteiger partial charge in [-0.1, -0.05) is 19.9 Å². The van der Waals surface area contributed by atoms with Crippen LogP contribution >= 0.6 is 0 Å². The van der Waals surface area contributed by atoms with Crippen molar-refractivity contribution in [3.8, 4) is 0 Å². The van der Waals surface area contributed by atoms with Crippen LogP contribution in [0.1, 0.15) is 33.6 Å². The van der Waals surface area contributed by atoms with Gasteiger partial charge in [-0.05, 0) is 31.9 Å². The Hall–Kier alpha value is -1.65. The van der Waals surface area contributed by atoms with E-state index in [1.165, 1.54) is 12.1 Å². The quantitative estimate of drug-likeness (QED) is 0.834. The highest BCUT2D eigenvalue weighted by atomic mass is 19.2. The van der Waals surface area contributed by atoms with Crippen LogP contribution in [0.15, 0.2) is 18.2 Å². The van der Waals surface area contributed by atoms with Gasteiger partial charge in [-0.2, -0.15) is 0 Å². The molecule has 0 aliphatic heterocycles. The van der Waals surface area contributed by atoms with Gasteiger partial charge in [0.05, 0.1) is 5.69 Å². The lowest BCUT2D eigenvalue weighted by molar-refractivity contribution is -0.122. The Morgan fingerprint density at radius 3 is 2.47 bits per heavy atom. The van der Waals surface area contributed by atoms with E-state index in [0.717, 1.165) is 18.9 Å². The summed E-state index contributed by atoms with van der Waals surface area (Å²) in [6.45, 7) is 5.58. The van der Waals surface area contributed by atoms with Crippen LogP contribution in [0.25, 0.3) is 0 Å². The summed E-state index contributed by atoms with van der Waals surface area (Å²) in [6.07, 6.45) is 1.67. The summed E-state index contributed by atoms with van der Waals surface area (Å²) in [4.78, 5) is 11.9. The third-order valence-corrected chi connectivity index (χ3v) is 3.05. The summed E-state index contributed by atoms with van der Waals surface area (Å²) >= 11 is 0. The lowest BCUT2D eigenvalue weighted by Crippen LogP contribution is -2.43. The van der Waals surface area contributed by atoms with Crippen molar-refractivity contribution in [1.82, 2.24) is 5.32 Å². The van der Waals surface area contributed by atoms with Crippen LogP contribution in [0, 0.1) is 11.6 Å². The fourth-order valence-corrected chi connectivity index (χ4v) is 1.73. The van der Waals surface area contributed by atoms with Crippen molar-refractivity contribution >= 4 is 11.6 Å². The smallest absolute Gasteiger partial charge is 0.242 e. The second kappa shape index (κ2) is 7.07. The Labute approximate surface area is 112 Å². The summed E-state index contributed by atoms with van der Waals surface area (Å²) in [5.74, 6) is -2.13. The van der Waals surface area contributed by atoms with Crippen molar-refractivity contribution in [1.29, 1.82) is 0 Å². The standard InChI is InChI=1S/C14H20F2N2O/c1-4-10(5-2)18-14(19)9(3)17-12-8-6-7-11(15)13(12)16/h6-10,17H,4-5H2,1-3H3,(H,18,19). The molecule has 0 saturated carbocycles. The number of halogens is 2. The minimum atomic E-state index is -0.968. The molecule has 3 nitrogen and oxygen atoms in total.